The molecule has 0 spiro atoms. The number of fused-ring (bicyclic) bond motifs is 1. The van der Waals surface area contributed by atoms with Crippen LogP contribution in [0.25, 0.3) is 10.8 Å². The zero-order valence-electron chi connectivity index (χ0n) is 17.1. The number of carbonyl (C=O) groups is 2. The molecule has 0 heterocycles. The smallest absolute Gasteiger partial charge is 0.243 e. The molecule has 3 rings (SSSR count). The summed E-state index contributed by atoms with van der Waals surface area (Å²) in [4.78, 5) is 26.9. The second-order valence-electron chi connectivity index (χ2n) is 7.36. The van der Waals surface area contributed by atoms with Crippen LogP contribution in [0.1, 0.15) is 19.4 Å². The first-order valence-corrected chi connectivity index (χ1v) is 9.80. The minimum Gasteiger partial charge on any atom is -0.370 e. The molecule has 0 atom stereocenters. The Balaban J connectivity index is 1.59. The number of hydrogen-bond acceptors (Lipinski definition) is 3. The summed E-state index contributed by atoms with van der Waals surface area (Å²) in [6.07, 6.45) is 0.237. The van der Waals surface area contributed by atoms with Crippen LogP contribution in [0.2, 0.25) is 0 Å². The Morgan fingerprint density at radius 3 is 2.38 bits per heavy atom. The van der Waals surface area contributed by atoms with Crippen molar-refractivity contribution < 1.29 is 9.59 Å². The first kappa shape index (κ1) is 20.4. The van der Waals surface area contributed by atoms with Gasteiger partial charge in [-0.3, -0.25) is 9.59 Å². The van der Waals surface area contributed by atoms with Gasteiger partial charge in [0.2, 0.25) is 11.8 Å². The molecule has 0 unspecified atom stereocenters. The van der Waals surface area contributed by atoms with Crippen molar-refractivity contribution in [2.45, 2.75) is 26.3 Å². The van der Waals surface area contributed by atoms with Gasteiger partial charge in [-0.2, -0.15) is 0 Å². The molecule has 0 aliphatic heterocycles. The number of para-hydroxylation sites is 2. The summed E-state index contributed by atoms with van der Waals surface area (Å²) < 4.78 is 0. The zero-order chi connectivity index (χ0) is 20.8. The SMILES string of the molecule is CC(C)N(C)c1ccccc1NC(=O)CNC(=O)Cc1cccc2ccccc12. The summed E-state index contributed by atoms with van der Waals surface area (Å²) >= 11 is 0. The van der Waals surface area contributed by atoms with Crippen molar-refractivity contribution in [3.63, 3.8) is 0 Å². The number of nitrogens with zero attached hydrogens (tertiary/aromatic N) is 1. The predicted molar refractivity (Wildman–Crippen MR) is 119 cm³/mol. The molecular formula is C24H27N3O2. The highest BCUT2D eigenvalue weighted by atomic mass is 16.2. The Hall–Kier alpha value is -3.34. The quantitative estimate of drug-likeness (QED) is 0.642. The van der Waals surface area contributed by atoms with Crippen molar-refractivity contribution in [1.82, 2.24) is 5.32 Å². The first-order valence-electron chi connectivity index (χ1n) is 9.80. The molecule has 0 fully saturated rings. The van der Waals surface area contributed by atoms with Gasteiger partial charge >= 0.3 is 0 Å². The van der Waals surface area contributed by atoms with Crippen LogP contribution in [0, 0.1) is 0 Å². The van der Waals surface area contributed by atoms with Gasteiger partial charge < -0.3 is 15.5 Å². The van der Waals surface area contributed by atoms with Crippen LogP contribution < -0.4 is 15.5 Å². The van der Waals surface area contributed by atoms with Crippen molar-refractivity contribution in [2.24, 2.45) is 0 Å². The molecule has 0 saturated heterocycles. The number of anilines is 2. The average molecular weight is 389 g/mol. The van der Waals surface area contributed by atoms with E-state index in [-0.39, 0.29) is 24.8 Å². The van der Waals surface area contributed by atoms with Gasteiger partial charge in [-0.05, 0) is 42.3 Å². The molecular weight excluding hydrogens is 362 g/mol. The zero-order valence-corrected chi connectivity index (χ0v) is 17.1. The second-order valence-corrected chi connectivity index (χ2v) is 7.36. The van der Waals surface area contributed by atoms with Crippen molar-refractivity contribution in [3.05, 3.63) is 72.3 Å². The van der Waals surface area contributed by atoms with Crippen molar-refractivity contribution in [2.75, 3.05) is 23.8 Å². The van der Waals surface area contributed by atoms with Crippen molar-refractivity contribution >= 4 is 34.0 Å². The van der Waals surface area contributed by atoms with E-state index in [0.717, 1.165) is 27.7 Å². The van der Waals surface area contributed by atoms with E-state index >= 15 is 0 Å². The largest absolute Gasteiger partial charge is 0.370 e. The maximum absolute atomic E-state index is 12.4. The number of benzene rings is 3. The molecule has 3 aromatic rings. The molecule has 2 N–H and O–H groups in total. The van der Waals surface area contributed by atoms with E-state index in [0.29, 0.717) is 6.04 Å². The number of amides is 2. The summed E-state index contributed by atoms with van der Waals surface area (Å²) in [5.41, 5.74) is 2.62. The first-order chi connectivity index (χ1) is 14.0. The molecule has 5 heteroatoms. The molecule has 3 aromatic carbocycles. The lowest BCUT2D eigenvalue weighted by atomic mass is 10.0. The van der Waals surface area contributed by atoms with E-state index in [1.807, 2.05) is 73.8 Å². The maximum atomic E-state index is 12.4. The highest BCUT2D eigenvalue weighted by Gasteiger charge is 2.13. The minimum atomic E-state index is -0.249. The lowest BCUT2D eigenvalue weighted by molar-refractivity contribution is -0.123. The van der Waals surface area contributed by atoms with E-state index < -0.39 is 0 Å². The van der Waals surface area contributed by atoms with E-state index in [4.69, 9.17) is 0 Å². The Kier molecular flexibility index (Phi) is 6.50. The fourth-order valence-electron chi connectivity index (χ4n) is 3.22. The summed E-state index contributed by atoms with van der Waals surface area (Å²) in [5, 5.41) is 7.78. The number of rotatable bonds is 7. The van der Waals surface area contributed by atoms with Crippen LogP contribution in [0.3, 0.4) is 0 Å². The summed E-state index contributed by atoms with van der Waals surface area (Å²) in [6.45, 7) is 4.11. The number of hydrogen-bond donors (Lipinski definition) is 2. The van der Waals surface area contributed by atoms with E-state index in [1.54, 1.807) is 0 Å². The van der Waals surface area contributed by atoms with Gasteiger partial charge in [0, 0.05) is 13.1 Å². The number of carbonyl (C=O) groups excluding carboxylic acids is 2. The number of nitrogens with one attached hydrogen (secondary N) is 2. The molecule has 2 amide bonds. The van der Waals surface area contributed by atoms with Gasteiger partial charge in [0.05, 0.1) is 24.3 Å². The van der Waals surface area contributed by atoms with Crippen LogP contribution in [0.4, 0.5) is 11.4 Å². The van der Waals surface area contributed by atoms with Gasteiger partial charge in [0.1, 0.15) is 0 Å². The fourth-order valence-corrected chi connectivity index (χ4v) is 3.22. The highest BCUT2D eigenvalue weighted by Crippen LogP contribution is 2.25. The molecule has 0 aliphatic rings. The van der Waals surface area contributed by atoms with Crippen LogP contribution in [-0.2, 0) is 16.0 Å². The fraction of sp³-hybridized carbons (Fsp3) is 0.250. The van der Waals surface area contributed by atoms with Gasteiger partial charge in [-0.1, -0.05) is 54.6 Å². The molecule has 29 heavy (non-hydrogen) atoms. The third-order valence-corrected chi connectivity index (χ3v) is 5.01. The minimum absolute atomic E-state index is 0.0661. The van der Waals surface area contributed by atoms with E-state index in [1.165, 1.54) is 0 Å². The molecule has 0 saturated carbocycles. The third kappa shape index (κ3) is 5.13. The van der Waals surface area contributed by atoms with Crippen molar-refractivity contribution in [1.29, 1.82) is 0 Å². The molecule has 0 radical (unpaired) electrons. The maximum Gasteiger partial charge on any atom is 0.243 e. The summed E-state index contributed by atoms with van der Waals surface area (Å²) in [7, 11) is 1.99. The van der Waals surface area contributed by atoms with Gasteiger partial charge in [0.25, 0.3) is 0 Å². The van der Waals surface area contributed by atoms with Crippen LogP contribution in [0.15, 0.2) is 66.7 Å². The molecule has 0 bridgehead atoms. The molecule has 5 nitrogen and oxygen atoms in total. The van der Waals surface area contributed by atoms with Gasteiger partial charge in [0.15, 0.2) is 0 Å². The summed E-state index contributed by atoms with van der Waals surface area (Å²) in [6, 6.07) is 21.8. The topological polar surface area (TPSA) is 61.4 Å². The second kappa shape index (κ2) is 9.24. The Morgan fingerprint density at radius 2 is 1.59 bits per heavy atom. The Labute approximate surface area is 171 Å². The molecule has 150 valence electrons. The van der Waals surface area contributed by atoms with Gasteiger partial charge in [-0.15, -0.1) is 0 Å². The van der Waals surface area contributed by atoms with Crippen LogP contribution in [-0.4, -0.2) is 31.4 Å². The third-order valence-electron chi connectivity index (χ3n) is 5.01. The predicted octanol–water partition coefficient (Wildman–Crippen LogP) is 3.98. The summed E-state index contributed by atoms with van der Waals surface area (Å²) in [5.74, 6) is -0.426. The van der Waals surface area contributed by atoms with E-state index in [9.17, 15) is 9.59 Å². The normalized spacial score (nSPS) is 10.8. The lowest BCUT2D eigenvalue weighted by Crippen LogP contribution is -2.34. The van der Waals surface area contributed by atoms with Gasteiger partial charge in [-0.25, -0.2) is 0 Å². The Morgan fingerprint density at radius 1 is 0.897 bits per heavy atom. The average Bonchev–Trinajstić information content (AvgIpc) is 2.72. The molecule has 0 aliphatic carbocycles. The van der Waals surface area contributed by atoms with Crippen molar-refractivity contribution in [3.8, 4) is 0 Å². The molecule has 0 aromatic heterocycles. The Bertz CT molecular complexity index is 1010. The lowest BCUT2D eigenvalue weighted by Gasteiger charge is -2.26. The van der Waals surface area contributed by atoms with Crippen LogP contribution >= 0.6 is 0 Å². The van der Waals surface area contributed by atoms with E-state index in [2.05, 4.69) is 29.4 Å². The monoisotopic (exact) mass is 389 g/mol. The van der Waals surface area contributed by atoms with Crippen LogP contribution in [0.5, 0.6) is 0 Å². The highest BCUT2D eigenvalue weighted by molar-refractivity contribution is 5.98. The standard InChI is InChI=1S/C24H27N3O2/c1-17(2)27(3)22-14-7-6-13-21(22)26-24(29)16-25-23(28)15-19-11-8-10-18-9-4-5-12-20(18)19/h4-14,17H,15-16H2,1-3H3,(H,25,28)(H,26,29).